The summed E-state index contributed by atoms with van der Waals surface area (Å²) >= 11 is 0. The first-order valence-corrected chi connectivity index (χ1v) is 10.7. The summed E-state index contributed by atoms with van der Waals surface area (Å²) in [5, 5.41) is 0. The molecular formula is C22H32N4O2. The van der Waals surface area contributed by atoms with Gasteiger partial charge >= 0.3 is 0 Å². The van der Waals surface area contributed by atoms with Crippen molar-refractivity contribution in [3.8, 4) is 0 Å². The predicted octanol–water partition coefficient (Wildman–Crippen LogP) is 1.07. The van der Waals surface area contributed by atoms with E-state index in [9.17, 15) is 9.59 Å². The number of carbonyl (C=O) groups is 2. The molecule has 3 fully saturated rings. The second-order valence-electron chi connectivity index (χ2n) is 8.32. The van der Waals surface area contributed by atoms with E-state index in [-0.39, 0.29) is 11.8 Å². The maximum atomic E-state index is 12.7. The Balaban J connectivity index is 1.17. The molecule has 0 spiro atoms. The fraction of sp³-hybridized carbons (Fsp3) is 0.636. The van der Waals surface area contributed by atoms with Gasteiger partial charge in [-0.05, 0) is 18.4 Å². The number of piperazine rings is 2. The Hall–Kier alpha value is -1.92. The Labute approximate surface area is 168 Å². The van der Waals surface area contributed by atoms with Crippen LogP contribution in [0.2, 0.25) is 0 Å². The van der Waals surface area contributed by atoms with Crippen molar-refractivity contribution in [1.29, 1.82) is 0 Å². The molecule has 2 amide bonds. The van der Waals surface area contributed by atoms with E-state index in [4.69, 9.17) is 0 Å². The molecule has 6 nitrogen and oxygen atoms in total. The first-order chi connectivity index (χ1) is 13.7. The fourth-order valence-electron chi connectivity index (χ4n) is 4.42. The van der Waals surface area contributed by atoms with Gasteiger partial charge in [0.05, 0.1) is 13.0 Å². The van der Waals surface area contributed by atoms with Crippen LogP contribution in [0.3, 0.4) is 0 Å². The second kappa shape index (κ2) is 9.05. The number of benzene rings is 1. The highest BCUT2D eigenvalue weighted by Gasteiger charge is 2.30. The van der Waals surface area contributed by atoms with Crippen LogP contribution in [0.25, 0.3) is 0 Å². The zero-order chi connectivity index (χ0) is 19.3. The van der Waals surface area contributed by atoms with E-state index in [1.54, 1.807) is 0 Å². The monoisotopic (exact) mass is 384 g/mol. The van der Waals surface area contributed by atoms with E-state index in [1.807, 2.05) is 40.1 Å². The number of amides is 2. The van der Waals surface area contributed by atoms with E-state index >= 15 is 0 Å². The van der Waals surface area contributed by atoms with Crippen molar-refractivity contribution in [2.45, 2.75) is 31.7 Å². The zero-order valence-corrected chi connectivity index (χ0v) is 16.8. The van der Waals surface area contributed by atoms with Gasteiger partial charge in [0.1, 0.15) is 0 Å². The lowest BCUT2D eigenvalue weighted by Gasteiger charge is -2.43. The third-order valence-corrected chi connectivity index (χ3v) is 6.54. The number of carbonyl (C=O) groups excluding carboxylic acids is 2. The first-order valence-electron chi connectivity index (χ1n) is 10.7. The third kappa shape index (κ3) is 4.73. The minimum absolute atomic E-state index is 0.185. The van der Waals surface area contributed by atoms with Gasteiger partial charge in [-0.2, -0.15) is 0 Å². The Morgan fingerprint density at radius 1 is 0.786 bits per heavy atom. The number of hydrogen-bond acceptors (Lipinski definition) is 4. The van der Waals surface area contributed by atoms with E-state index < -0.39 is 0 Å². The summed E-state index contributed by atoms with van der Waals surface area (Å²) in [6, 6.07) is 10.7. The summed E-state index contributed by atoms with van der Waals surface area (Å²) in [6.45, 7) is 7.28. The van der Waals surface area contributed by atoms with Crippen molar-refractivity contribution in [2.24, 2.45) is 0 Å². The van der Waals surface area contributed by atoms with E-state index in [0.717, 1.165) is 50.9 Å². The molecule has 1 aromatic carbocycles. The Morgan fingerprint density at radius 2 is 1.39 bits per heavy atom. The van der Waals surface area contributed by atoms with Gasteiger partial charge in [0.15, 0.2) is 0 Å². The van der Waals surface area contributed by atoms with Gasteiger partial charge in [-0.1, -0.05) is 36.8 Å². The van der Waals surface area contributed by atoms with Crippen molar-refractivity contribution in [3.05, 3.63) is 35.9 Å². The molecule has 1 aromatic rings. The topological polar surface area (TPSA) is 47.1 Å². The molecule has 2 saturated heterocycles. The minimum atomic E-state index is 0.185. The van der Waals surface area contributed by atoms with E-state index in [2.05, 4.69) is 9.80 Å². The van der Waals surface area contributed by atoms with Gasteiger partial charge in [-0.15, -0.1) is 0 Å². The summed E-state index contributed by atoms with van der Waals surface area (Å²) in [4.78, 5) is 33.9. The van der Waals surface area contributed by atoms with Crippen molar-refractivity contribution >= 4 is 11.8 Å². The maximum Gasteiger partial charge on any atom is 0.236 e. The van der Waals surface area contributed by atoms with Crippen LogP contribution < -0.4 is 0 Å². The molecule has 1 saturated carbocycles. The van der Waals surface area contributed by atoms with Crippen LogP contribution in [0.15, 0.2) is 30.3 Å². The van der Waals surface area contributed by atoms with E-state index in [0.29, 0.717) is 26.1 Å². The lowest BCUT2D eigenvalue weighted by molar-refractivity contribution is -0.136. The number of hydrogen-bond donors (Lipinski definition) is 0. The van der Waals surface area contributed by atoms with Crippen LogP contribution in [0, 0.1) is 0 Å². The molecule has 0 aromatic heterocycles. The molecule has 0 bridgehead atoms. The van der Waals surface area contributed by atoms with Crippen LogP contribution in [-0.4, -0.2) is 96.4 Å². The molecule has 6 heteroatoms. The molecule has 0 atom stereocenters. The van der Waals surface area contributed by atoms with Gasteiger partial charge in [0, 0.05) is 58.4 Å². The molecule has 4 rings (SSSR count). The van der Waals surface area contributed by atoms with Gasteiger partial charge in [0.2, 0.25) is 11.8 Å². The van der Waals surface area contributed by atoms with Crippen molar-refractivity contribution < 1.29 is 9.59 Å². The van der Waals surface area contributed by atoms with Crippen LogP contribution in [0.1, 0.15) is 24.8 Å². The zero-order valence-electron chi connectivity index (χ0n) is 16.8. The molecule has 2 heterocycles. The SMILES string of the molecule is O=C(Cc1ccccc1)N1CCN(CC(=O)N2CCN(C3CCC3)CC2)CC1. The molecule has 28 heavy (non-hydrogen) atoms. The fourth-order valence-corrected chi connectivity index (χ4v) is 4.42. The smallest absolute Gasteiger partial charge is 0.236 e. The number of rotatable bonds is 5. The average Bonchev–Trinajstić information content (AvgIpc) is 2.68. The third-order valence-electron chi connectivity index (χ3n) is 6.54. The van der Waals surface area contributed by atoms with Gasteiger partial charge in [-0.3, -0.25) is 19.4 Å². The molecule has 0 unspecified atom stereocenters. The molecule has 0 radical (unpaired) electrons. The normalized spacial score (nSPS) is 22.1. The maximum absolute atomic E-state index is 12.7. The highest BCUT2D eigenvalue weighted by molar-refractivity contribution is 5.79. The molecule has 152 valence electrons. The second-order valence-corrected chi connectivity index (χ2v) is 8.32. The van der Waals surface area contributed by atoms with Gasteiger partial charge in [-0.25, -0.2) is 0 Å². The van der Waals surface area contributed by atoms with Crippen LogP contribution in [-0.2, 0) is 16.0 Å². The minimum Gasteiger partial charge on any atom is -0.340 e. The highest BCUT2D eigenvalue weighted by Crippen LogP contribution is 2.25. The predicted molar refractivity (Wildman–Crippen MR) is 109 cm³/mol. The Morgan fingerprint density at radius 3 is 2.00 bits per heavy atom. The lowest BCUT2D eigenvalue weighted by Crippen LogP contribution is -2.56. The van der Waals surface area contributed by atoms with Crippen molar-refractivity contribution in [2.75, 3.05) is 58.9 Å². The highest BCUT2D eigenvalue weighted by atomic mass is 16.2. The first kappa shape index (κ1) is 19.4. The Kier molecular flexibility index (Phi) is 6.27. The largest absolute Gasteiger partial charge is 0.340 e. The standard InChI is InChI=1S/C22H32N4O2/c27-21(17-19-5-2-1-3-6-19)25-11-9-23(10-12-25)18-22(28)26-15-13-24(14-16-26)20-7-4-8-20/h1-3,5-6,20H,4,7-18H2. The van der Waals surface area contributed by atoms with E-state index in [1.165, 1.54) is 19.3 Å². The van der Waals surface area contributed by atoms with Crippen LogP contribution in [0.4, 0.5) is 0 Å². The van der Waals surface area contributed by atoms with Crippen molar-refractivity contribution in [3.63, 3.8) is 0 Å². The van der Waals surface area contributed by atoms with Gasteiger partial charge in [0.25, 0.3) is 0 Å². The molecule has 1 aliphatic carbocycles. The van der Waals surface area contributed by atoms with Crippen LogP contribution in [0.5, 0.6) is 0 Å². The molecular weight excluding hydrogens is 352 g/mol. The summed E-state index contributed by atoms with van der Waals surface area (Å²) < 4.78 is 0. The van der Waals surface area contributed by atoms with Crippen molar-refractivity contribution in [1.82, 2.24) is 19.6 Å². The average molecular weight is 385 g/mol. The summed E-state index contributed by atoms with van der Waals surface area (Å²) in [5.41, 5.74) is 1.06. The molecule has 3 aliphatic rings. The Bertz CT molecular complexity index is 660. The quantitative estimate of drug-likeness (QED) is 0.762. The molecule has 2 aliphatic heterocycles. The summed E-state index contributed by atoms with van der Waals surface area (Å²) in [7, 11) is 0. The molecule has 0 N–H and O–H groups in total. The summed E-state index contributed by atoms with van der Waals surface area (Å²) in [5.74, 6) is 0.432. The number of nitrogens with zero attached hydrogens (tertiary/aromatic N) is 4. The van der Waals surface area contributed by atoms with Crippen LogP contribution >= 0.6 is 0 Å². The lowest BCUT2D eigenvalue weighted by atomic mass is 9.91. The summed E-state index contributed by atoms with van der Waals surface area (Å²) in [6.07, 6.45) is 4.50. The van der Waals surface area contributed by atoms with Gasteiger partial charge < -0.3 is 9.80 Å².